The van der Waals surface area contributed by atoms with Gasteiger partial charge in [0.2, 0.25) is 11.8 Å². The molecule has 1 fully saturated rings. The summed E-state index contributed by atoms with van der Waals surface area (Å²) in [7, 11) is 0. The highest BCUT2D eigenvalue weighted by molar-refractivity contribution is 5.96. The number of nitrogens with one attached hydrogen (secondary N) is 1. The van der Waals surface area contributed by atoms with Crippen LogP contribution in [-0.4, -0.2) is 52.8 Å². The Hall–Kier alpha value is -2.73. The minimum atomic E-state index is -0.237. The molecule has 2 amide bonds. The van der Waals surface area contributed by atoms with Crippen molar-refractivity contribution < 1.29 is 9.59 Å². The van der Waals surface area contributed by atoms with Crippen LogP contribution >= 0.6 is 0 Å². The van der Waals surface area contributed by atoms with Gasteiger partial charge in [-0.15, -0.1) is 0 Å². The Morgan fingerprint density at radius 3 is 2.31 bits per heavy atom. The molecule has 0 bridgehead atoms. The Bertz CT molecular complexity index is 713. The molecule has 1 aromatic carbocycles. The Kier molecular flexibility index (Phi) is 6.33. The van der Waals surface area contributed by atoms with Gasteiger partial charge in [0.1, 0.15) is 6.42 Å². The van der Waals surface area contributed by atoms with Gasteiger partial charge in [0.15, 0.2) is 0 Å². The van der Waals surface area contributed by atoms with Gasteiger partial charge in [-0.2, -0.15) is 0 Å². The maximum Gasteiger partial charge on any atom is 0.232 e. The summed E-state index contributed by atoms with van der Waals surface area (Å²) in [5, 5.41) is 2.79. The molecule has 2 aromatic rings. The Labute approximate surface area is 153 Å². The fourth-order valence-electron chi connectivity index (χ4n) is 3.01. The minimum Gasteiger partial charge on any atom is -0.352 e. The number of piperazine rings is 1. The van der Waals surface area contributed by atoms with Crippen LogP contribution in [0, 0.1) is 0 Å². The quantitative estimate of drug-likeness (QED) is 0.799. The van der Waals surface area contributed by atoms with E-state index in [2.05, 4.69) is 27.3 Å². The number of aromatic nitrogens is 1. The van der Waals surface area contributed by atoms with Crippen molar-refractivity contribution in [2.75, 3.05) is 26.2 Å². The van der Waals surface area contributed by atoms with Crippen LogP contribution < -0.4 is 5.32 Å². The zero-order valence-electron chi connectivity index (χ0n) is 14.8. The summed E-state index contributed by atoms with van der Waals surface area (Å²) >= 11 is 0. The van der Waals surface area contributed by atoms with E-state index in [1.54, 1.807) is 17.3 Å². The van der Waals surface area contributed by atoms with Gasteiger partial charge in [-0.3, -0.25) is 19.5 Å². The van der Waals surface area contributed by atoms with Gasteiger partial charge in [0, 0.05) is 51.7 Å². The molecule has 0 saturated carbocycles. The van der Waals surface area contributed by atoms with Crippen molar-refractivity contribution in [1.29, 1.82) is 0 Å². The largest absolute Gasteiger partial charge is 0.352 e. The minimum absolute atomic E-state index is 0.0935. The molecule has 2 heterocycles. The first-order chi connectivity index (χ1) is 12.7. The second kappa shape index (κ2) is 9.10. The number of carbonyl (C=O) groups excluding carboxylic acids is 2. The maximum atomic E-state index is 12.3. The zero-order valence-corrected chi connectivity index (χ0v) is 14.8. The first kappa shape index (κ1) is 18.1. The average Bonchev–Trinajstić information content (AvgIpc) is 2.68. The van der Waals surface area contributed by atoms with Gasteiger partial charge < -0.3 is 10.2 Å². The topological polar surface area (TPSA) is 65.5 Å². The predicted molar refractivity (Wildman–Crippen MR) is 99.0 cm³/mol. The van der Waals surface area contributed by atoms with Gasteiger partial charge in [-0.25, -0.2) is 0 Å². The highest BCUT2D eigenvalue weighted by Crippen LogP contribution is 2.09. The highest BCUT2D eigenvalue weighted by atomic mass is 16.2. The zero-order chi connectivity index (χ0) is 18.2. The predicted octanol–water partition coefficient (Wildman–Crippen LogP) is 1.43. The van der Waals surface area contributed by atoms with E-state index in [4.69, 9.17) is 0 Å². The van der Waals surface area contributed by atoms with E-state index in [0.717, 1.165) is 25.2 Å². The fraction of sp³-hybridized carbons (Fsp3) is 0.350. The number of carbonyl (C=O) groups is 2. The van der Waals surface area contributed by atoms with Crippen molar-refractivity contribution >= 4 is 11.8 Å². The number of amides is 2. The molecule has 6 nitrogen and oxygen atoms in total. The molecule has 1 N–H and O–H groups in total. The van der Waals surface area contributed by atoms with Crippen molar-refractivity contribution in [1.82, 2.24) is 20.1 Å². The molecular weight excluding hydrogens is 328 g/mol. The fourth-order valence-corrected chi connectivity index (χ4v) is 3.01. The Morgan fingerprint density at radius 1 is 0.923 bits per heavy atom. The van der Waals surface area contributed by atoms with Crippen LogP contribution in [0.25, 0.3) is 0 Å². The van der Waals surface area contributed by atoms with Crippen LogP contribution in [0.5, 0.6) is 0 Å². The molecular formula is C20H24N4O2. The normalized spacial score (nSPS) is 14.8. The van der Waals surface area contributed by atoms with Crippen LogP contribution in [-0.2, 0) is 22.7 Å². The van der Waals surface area contributed by atoms with Crippen molar-refractivity contribution in [2.45, 2.75) is 19.5 Å². The summed E-state index contributed by atoms with van der Waals surface area (Å²) in [6.07, 6.45) is 3.27. The molecule has 3 rings (SSSR count). The van der Waals surface area contributed by atoms with Crippen molar-refractivity contribution in [2.24, 2.45) is 0 Å². The van der Waals surface area contributed by atoms with E-state index >= 15 is 0 Å². The number of pyridine rings is 1. The SMILES string of the molecule is O=C(CC(=O)N1CCN(Cc2ccccc2)CC1)NCc1ccncc1. The molecule has 1 aliphatic rings. The summed E-state index contributed by atoms with van der Waals surface area (Å²) in [6, 6.07) is 14.0. The molecule has 1 saturated heterocycles. The van der Waals surface area contributed by atoms with Gasteiger partial charge in [-0.1, -0.05) is 30.3 Å². The lowest BCUT2D eigenvalue weighted by molar-refractivity contribution is -0.137. The van der Waals surface area contributed by atoms with Crippen molar-refractivity contribution in [3.63, 3.8) is 0 Å². The number of nitrogens with zero attached hydrogens (tertiary/aromatic N) is 3. The van der Waals surface area contributed by atoms with Crippen molar-refractivity contribution in [3.05, 3.63) is 66.0 Å². The molecule has 6 heteroatoms. The molecule has 0 spiro atoms. The second-order valence-corrected chi connectivity index (χ2v) is 6.45. The Morgan fingerprint density at radius 2 is 1.62 bits per heavy atom. The summed E-state index contributed by atoms with van der Waals surface area (Å²) in [5.41, 5.74) is 2.25. The van der Waals surface area contributed by atoms with Crippen LogP contribution in [0.1, 0.15) is 17.5 Å². The Balaban J connectivity index is 1.38. The molecule has 136 valence electrons. The highest BCUT2D eigenvalue weighted by Gasteiger charge is 2.22. The monoisotopic (exact) mass is 352 g/mol. The van der Waals surface area contributed by atoms with E-state index in [9.17, 15) is 9.59 Å². The third-order valence-electron chi connectivity index (χ3n) is 4.52. The molecule has 0 aliphatic carbocycles. The first-order valence-electron chi connectivity index (χ1n) is 8.90. The van der Waals surface area contributed by atoms with E-state index in [-0.39, 0.29) is 18.2 Å². The lowest BCUT2D eigenvalue weighted by atomic mass is 10.2. The summed E-state index contributed by atoms with van der Waals surface area (Å²) in [5.74, 6) is -0.338. The van der Waals surface area contributed by atoms with Gasteiger partial charge in [-0.05, 0) is 23.3 Å². The second-order valence-electron chi connectivity index (χ2n) is 6.45. The maximum absolute atomic E-state index is 12.3. The van der Waals surface area contributed by atoms with Crippen LogP contribution in [0.3, 0.4) is 0 Å². The standard InChI is InChI=1S/C20H24N4O2/c25-19(22-15-17-6-8-21-9-7-17)14-20(26)24-12-10-23(11-13-24)16-18-4-2-1-3-5-18/h1-9H,10-16H2,(H,22,25). The molecule has 26 heavy (non-hydrogen) atoms. The number of benzene rings is 1. The van der Waals surface area contributed by atoms with E-state index in [0.29, 0.717) is 19.6 Å². The van der Waals surface area contributed by atoms with Crippen LogP contribution in [0.4, 0.5) is 0 Å². The van der Waals surface area contributed by atoms with E-state index in [1.165, 1.54) is 5.56 Å². The summed E-state index contributed by atoms with van der Waals surface area (Å²) in [6.45, 7) is 4.32. The van der Waals surface area contributed by atoms with Gasteiger partial charge in [0.25, 0.3) is 0 Å². The smallest absolute Gasteiger partial charge is 0.232 e. The van der Waals surface area contributed by atoms with Crippen LogP contribution in [0.15, 0.2) is 54.9 Å². The van der Waals surface area contributed by atoms with Gasteiger partial charge in [0.05, 0.1) is 0 Å². The molecule has 0 radical (unpaired) electrons. The third-order valence-corrected chi connectivity index (χ3v) is 4.52. The molecule has 0 unspecified atom stereocenters. The lowest BCUT2D eigenvalue weighted by Gasteiger charge is -2.34. The lowest BCUT2D eigenvalue weighted by Crippen LogP contribution is -2.49. The van der Waals surface area contributed by atoms with E-state index < -0.39 is 0 Å². The molecule has 1 aromatic heterocycles. The number of hydrogen-bond acceptors (Lipinski definition) is 4. The molecule has 1 aliphatic heterocycles. The number of hydrogen-bond donors (Lipinski definition) is 1. The van der Waals surface area contributed by atoms with Crippen molar-refractivity contribution in [3.8, 4) is 0 Å². The van der Waals surface area contributed by atoms with Crippen LogP contribution in [0.2, 0.25) is 0 Å². The summed E-state index contributed by atoms with van der Waals surface area (Å²) < 4.78 is 0. The summed E-state index contributed by atoms with van der Waals surface area (Å²) in [4.78, 5) is 32.4. The van der Waals surface area contributed by atoms with E-state index in [1.807, 2.05) is 30.3 Å². The third kappa shape index (κ3) is 5.39. The molecule has 0 atom stereocenters. The van der Waals surface area contributed by atoms with Gasteiger partial charge >= 0.3 is 0 Å². The average molecular weight is 352 g/mol. The first-order valence-corrected chi connectivity index (χ1v) is 8.90. The number of rotatable bonds is 6.